The molecule has 0 aliphatic carbocycles. The van der Waals surface area contributed by atoms with Crippen molar-refractivity contribution < 1.29 is 9.53 Å². The molecule has 1 aromatic heterocycles. The Hall–Kier alpha value is -1.49. The third-order valence-corrected chi connectivity index (χ3v) is 3.98. The van der Waals surface area contributed by atoms with E-state index in [1.165, 1.54) is 13.3 Å². The number of halogens is 3. The lowest BCUT2D eigenvalue weighted by molar-refractivity contribution is 0.102. The van der Waals surface area contributed by atoms with E-state index in [-0.39, 0.29) is 20.8 Å². The Morgan fingerprint density at radius 2 is 1.95 bits per heavy atom. The Morgan fingerprint density at radius 3 is 2.62 bits per heavy atom. The van der Waals surface area contributed by atoms with Gasteiger partial charge in [0.15, 0.2) is 0 Å². The molecule has 0 bridgehead atoms. The Kier molecular flexibility index (Phi) is 4.93. The first-order valence-electron chi connectivity index (χ1n) is 5.89. The number of hydrogen-bond donors (Lipinski definition) is 1. The minimum Gasteiger partial charge on any atom is -0.495 e. The molecular weight excluding hydrogens is 335 g/mol. The third-order valence-electron chi connectivity index (χ3n) is 2.74. The van der Waals surface area contributed by atoms with Gasteiger partial charge in [-0.05, 0) is 24.6 Å². The molecule has 0 saturated carbocycles. The Balaban J connectivity index is 2.35. The highest BCUT2D eigenvalue weighted by Crippen LogP contribution is 2.32. The van der Waals surface area contributed by atoms with E-state index < -0.39 is 5.91 Å². The number of anilines is 1. The van der Waals surface area contributed by atoms with Crippen molar-refractivity contribution in [3.05, 3.63) is 50.7 Å². The number of nitrogens with zero attached hydrogens (tertiary/aromatic N) is 1. The number of ether oxygens (including phenoxy) is 1. The summed E-state index contributed by atoms with van der Waals surface area (Å²) < 4.78 is 5.19. The number of methoxy groups -OCH3 is 1. The molecule has 7 heteroatoms. The monoisotopic (exact) mass is 344 g/mol. The van der Waals surface area contributed by atoms with Crippen molar-refractivity contribution in [1.82, 2.24) is 4.98 Å². The molecule has 0 aliphatic heterocycles. The highest BCUT2D eigenvalue weighted by Gasteiger charge is 2.18. The van der Waals surface area contributed by atoms with E-state index in [0.717, 1.165) is 5.56 Å². The summed E-state index contributed by atoms with van der Waals surface area (Å²) in [6.45, 7) is 1.90. The Bertz CT molecular complexity index is 705. The van der Waals surface area contributed by atoms with Crippen molar-refractivity contribution in [1.29, 1.82) is 0 Å². The fourth-order valence-electron chi connectivity index (χ4n) is 1.70. The van der Waals surface area contributed by atoms with Crippen LogP contribution in [0, 0.1) is 6.92 Å². The van der Waals surface area contributed by atoms with Gasteiger partial charge in [0.05, 0.1) is 27.9 Å². The average Bonchev–Trinajstić information content (AvgIpc) is 2.45. The lowest BCUT2D eigenvalue weighted by Crippen LogP contribution is -2.15. The molecule has 1 N–H and O–H groups in total. The number of hydrogen-bond acceptors (Lipinski definition) is 3. The van der Waals surface area contributed by atoms with Gasteiger partial charge in [0.1, 0.15) is 11.4 Å². The van der Waals surface area contributed by atoms with E-state index in [1.807, 2.05) is 13.0 Å². The highest BCUT2D eigenvalue weighted by molar-refractivity contribution is 6.49. The lowest BCUT2D eigenvalue weighted by Gasteiger charge is -2.11. The second-order valence-electron chi connectivity index (χ2n) is 4.24. The van der Waals surface area contributed by atoms with Crippen LogP contribution in [0.15, 0.2) is 24.4 Å². The van der Waals surface area contributed by atoms with Gasteiger partial charge in [-0.3, -0.25) is 4.79 Å². The van der Waals surface area contributed by atoms with Crippen molar-refractivity contribution in [3.63, 3.8) is 0 Å². The summed E-state index contributed by atoms with van der Waals surface area (Å²) in [5.74, 6) is 0.0348. The van der Waals surface area contributed by atoms with Gasteiger partial charge < -0.3 is 10.1 Å². The molecule has 0 atom stereocenters. The highest BCUT2D eigenvalue weighted by atomic mass is 35.5. The van der Waals surface area contributed by atoms with Crippen LogP contribution in [-0.2, 0) is 0 Å². The number of nitrogens with one attached hydrogen (secondary N) is 1. The summed E-state index contributed by atoms with van der Waals surface area (Å²) in [6, 6.07) is 5.41. The van der Waals surface area contributed by atoms with E-state index in [4.69, 9.17) is 39.5 Å². The van der Waals surface area contributed by atoms with Crippen molar-refractivity contribution in [2.24, 2.45) is 0 Å². The maximum absolute atomic E-state index is 12.3. The van der Waals surface area contributed by atoms with Gasteiger partial charge in [0, 0.05) is 6.20 Å². The SMILES string of the molecule is COc1ccc(C)cc1NC(=O)c1ncc(Cl)c(Cl)c1Cl. The van der Waals surface area contributed by atoms with Crippen LogP contribution in [0.3, 0.4) is 0 Å². The zero-order chi connectivity index (χ0) is 15.6. The lowest BCUT2D eigenvalue weighted by atomic mass is 10.2. The first-order valence-corrected chi connectivity index (χ1v) is 7.03. The zero-order valence-corrected chi connectivity index (χ0v) is 13.5. The molecule has 0 spiro atoms. The molecule has 0 radical (unpaired) electrons. The predicted octanol–water partition coefficient (Wildman–Crippen LogP) is 4.61. The summed E-state index contributed by atoms with van der Waals surface area (Å²) in [4.78, 5) is 16.2. The number of carbonyl (C=O) groups excluding carboxylic acids is 1. The van der Waals surface area contributed by atoms with Crippen molar-refractivity contribution in [2.45, 2.75) is 6.92 Å². The normalized spacial score (nSPS) is 10.3. The molecule has 21 heavy (non-hydrogen) atoms. The molecule has 0 saturated heterocycles. The second kappa shape index (κ2) is 6.52. The molecule has 4 nitrogen and oxygen atoms in total. The molecule has 2 aromatic rings. The van der Waals surface area contributed by atoms with E-state index >= 15 is 0 Å². The van der Waals surface area contributed by atoms with Crippen molar-refractivity contribution >= 4 is 46.4 Å². The minimum absolute atomic E-state index is 0.00498. The smallest absolute Gasteiger partial charge is 0.275 e. The summed E-state index contributed by atoms with van der Waals surface area (Å²) in [5.41, 5.74) is 1.49. The zero-order valence-electron chi connectivity index (χ0n) is 11.2. The van der Waals surface area contributed by atoms with Gasteiger partial charge in [-0.1, -0.05) is 40.9 Å². The molecule has 2 rings (SSSR count). The summed E-state index contributed by atoms with van der Waals surface area (Å²) in [5, 5.41) is 2.98. The van der Waals surface area contributed by atoms with Crippen LogP contribution in [-0.4, -0.2) is 18.0 Å². The quantitative estimate of drug-likeness (QED) is 0.883. The number of aryl methyl sites for hydroxylation is 1. The molecule has 0 fully saturated rings. The largest absolute Gasteiger partial charge is 0.495 e. The van der Waals surface area contributed by atoms with Crippen LogP contribution in [0.2, 0.25) is 15.1 Å². The van der Waals surface area contributed by atoms with Gasteiger partial charge in [-0.2, -0.15) is 0 Å². The standard InChI is InChI=1S/C14H11Cl3N2O2/c1-7-3-4-10(21-2)9(5-7)19-14(20)13-12(17)11(16)8(15)6-18-13/h3-6H,1-2H3,(H,19,20). The van der Waals surface area contributed by atoms with Crippen LogP contribution in [0.4, 0.5) is 5.69 Å². The van der Waals surface area contributed by atoms with Crippen LogP contribution >= 0.6 is 34.8 Å². The summed E-state index contributed by atoms with van der Waals surface area (Å²) in [7, 11) is 1.52. The average molecular weight is 346 g/mol. The number of aromatic nitrogens is 1. The van der Waals surface area contributed by atoms with Gasteiger partial charge >= 0.3 is 0 Å². The van der Waals surface area contributed by atoms with Crippen molar-refractivity contribution in [3.8, 4) is 5.75 Å². The van der Waals surface area contributed by atoms with Crippen molar-refractivity contribution in [2.75, 3.05) is 12.4 Å². The molecular formula is C14H11Cl3N2O2. The summed E-state index contributed by atoms with van der Waals surface area (Å²) >= 11 is 17.7. The number of carbonyl (C=O) groups is 1. The van der Waals surface area contributed by atoms with E-state index in [0.29, 0.717) is 11.4 Å². The van der Waals surface area contributed by atoms with Crippen LogP contribution in [0.25, 0.3) is 0 Å². The number of pyridine rings is 1. The number of amides is 1. The maximum Gasteiger partial charge on any atom is 0.275 e. The molecule has 1 aromatic carbocycles. The minimum atomic E-state index is -0.498. The Labute approximate surface area is 137 Å². The van der Waals surface area contributed by atoms with Crippen LogP contribution in [0.5, 0.6) is 5.75 Å². The topological polar surface area (TPSA) is 51.2 Å². The van der Waals surface area contributed by atoms with Crippen LogP contribution < -0.4 is 10.1 Å². The van der Waals surface area contributed by atoms with E-state index in [2.05, 4.69) is 10.3 Å². The molecule has 0 aliphatic rings. The van der Waals surface area contributed by atoms with Gasteiger partial charge in [-0.25, -0.2) is 4.98 Å². The molecule has 1 amide bonds. The fourth-order valence-corrected chi connectivity index (χ4v) is 2.27. The molecule has 0 unspecified atom stereocenters. The number of rotatable bonds is 3. The summed E-state index contributed by atoms with van der Waals surface area (Å²) in [6.07, 6.45) is 1.28. The van der Waals surface area contributed by atoms with Gasteiger partial charge in [0.2, 0.25) is 0 Å². The fraction of sp³-hybridized carbons (Fsp3) is 0.143. The number of benzene rings is 1. The molecule has 110 valence electrons. The van der Waals surface area contributed by atoms with Gasteiger partial charge in [0.25, 0.3) is 5.91 Å². The van der Waals surface area contributed by atoms with E-state index in [1.54, 1.807) is 12.1 Å². The van der Waals surface area contributed by atoms with Gasteiger partial charge in [-0.15, -0.1) is 0 Å². The Morgan fingerprint density at radius 1 is 1.24 bits per heavy atom. The second-order valence-corrected chi connectivity index (χ2v) is 5.40. The first-order chi connectivity index (χ1) is 9.93. The predicted molar refractivity (Wildman–Crippen MR) is 85.0 cm³/mol. The maximum atomic E-state index is 12.3. The van der Waals surface area contributed by atoms with E-state index in [9.17, 15) is 4.79 Å². The molecule has 1 heterocycles. The van der Waals surface area contributed by atoms with Crippen LogP contribution in [0.1, 0.15) is 16.1 Å². The third kappa shape index (κ3) is 3.40. The first kappa shape index (κ1) is 15.9.